The normalized spacial score (nSPS) is 17.4. The van der Waals surface area contributed by atoms with Gasteiger partial charge in [-0.3, -0.25) is 0 Å². The lowest BCUT2D eigenvalue weighted by molar-refractivity contribution is 0.332. The first-order chi connectivity index (χ1) is 35.1. The van der Waals surface area contributed by atoms with E-state index in [9.17, 15) is 0 Å². The molecule has 0 aromatic heterocycles. The summed E-state index contributed by atoms with van der Waals surface area (Å²) >= 11 is 0. The Labute approximate surface area is 443 Å². The lowest BCUT2D eigenvalue weighted by atomic mass is 9.33. The molecule has 0 saturated carbocycles. The van der Waals surface area contributed by atoms with Gasteiger partial charge in [-0.25, -0.2) is 0 Å². The van der Waals surface area contributed by atoms with Crippen LogP contribution in [0.3, 0.4) is 0 Å². The minimum Gasteiger partial charge on any atom is -0.311 e. The number of hydrogen-bond acceptors (Lipinski definition) is 3. The molecule has 0 atom stereocenters. The van der Waals surface area contributed by atoms with E-state index in [0.717, 1.165) is 36.3 Å². The van der Waals surface area contributed by atoms with Gasteiger partial charge in [0.15, 0.2) is 0 Å². The molecule has 8 aromatic rings. The van der Waals surface area contributed by atoms with Gasteiger partial charge < -0.3 is 14.7 Å². The standard InChI is InChI=1S/C70H74BN3/c1-45-37-63-65-64(38-45)74(61-43-55-53(39-46(61)2)67(6,7)33-35-69(55,10)11)60-32-30-51(72(49-25-19-15-20-26-49)50-27-21-16-22-28-50)41-57(60)71(65)58-42-54-56(70(12,13)36-34-68(54,8)9)44-62(58)73(63)59-31-29-48(66(3,4)5)40-52(59)47-23-17-14-18-24-47/h14-32,37-44H,33-36H2,1-13H3. The van der Waals surface area contributed by atoms with Gasteiger partial charge in [-0.15, -0.1) is 0 Å². The van der Waals surface area contributed by atoms with E-state index in [0.29, 0.717) is 0 Å². The predicted molar refractivity (Wildman–Crippen MR) is 319 cm³/mol. The molecular formula is C70H74BN3. The zero-order valence-corrected chi connectivity index (χ0v) is 46.3. The lowest BCUT2D eigenvalue weighted by Gasteiger charge is -2.48. The van der Waals surface area contributed by atoms with Crippen LogP contribution in [0.1, 0.15) is 141 Å². The van der Waals surface area contributed by atoms with Crippen LogP contribution in [-0.4, -0.2) is 6.71 Å². The van der Waals surface area contributed by atoms with E-state index in [2.05, 4.69) is 269 Å². The lowest BCUT2D eigenvalue weighted by Crippen LogP contribution is -2.62. The fourth-order valence-corrected chi connectivity index (χ4v) is 13.4. The molecule has 8 aromatic carbocycles. The van der Waals surface area contributed by atoms with Gasteiger partial charge in [-0.05, 0) is 206 Å². The average Bonchev–Trinajstić information content (AvgIpc) is 3.37. The van der Waals surface area contributed by atoms with Gasteiger partial charge in [-0.1, -0.05) is 161 Å². The molecule has 2 aliphatic heterocycles. The minimum absolute atomic E-state index is 0.00821. The molecule has 0 amide bonds. The van der Waals surface area contributed by atoms with Crippen molar-refractivity contribution in [2.45, 2.75) is 143 Å². The summed E-state index contributed by atoms with van der Waals surface area (Å²) in [5.41, 5.74) is 27.5. The third-order valence-corrected chi connectivity index (χ3v) is 18.1. The van der Waals surface area contributed by atoms with Crippen LogP contribution in [0.25, 0.3) is 11.1 Å². The van der Waals surface area contributed by atoms with E-state index in [4.69, 9.17) is 0 Å². The first-order valence-electron chi connectivity index (χ1n) is 27.5. The Morgan fingerprint density at radius 2 is 0.878 bits per heavy atom. The van der Waals surface area contributed by atoms with Crippen molar-refractivity contribution in [3.05, 3.63) is 203 Å². The van der Waals surface area contributed by atoms with Gasteiger partial charge in [0.2, 0.25) is 0 Å². The van der Waals surface area contributed by atoms with Crippen molar-refractivity contribution in [2.24, 2.45) is 0 Å². The van der Waals surface area contributed by atoms with Gasteiger partial charge in [0.25, 0.3) is 6.71 Å². The molecule has 0 spiro atoms. The summed E-state index contributed by atoms with van der Waals surface area (Å²) in [7, 11) is 0. The fraction of sp³-hybridized carbons (Fsp3) is 0.314. The van der Waals surface area contributed by atoms with Crippen molar-refractivity contribution in [1.82, 2.24) is 0 Å². The number of aryl methyl sites for hydroxylation is 2. The highest BCUT2D eigenvalue weighted by Crippen LogP contribution is 2.54. The van der Waals surface area contributed by atoms with Crippen LogP contribution in [0, 0.1) is 13.8 Å². The molecule has 12 rings (SSSR count). The van der Waals surface area contributed by atoms with Crippen LogP contribution in [0.2, 0.25) is 0 Å². The Hall–Kier alpha value is -6.78. The highest BCUT2D eigenvalue weighted by atomic mass is 15.2. The maximum Gasteiger partial charge on any atom is 0.252 e. The van der Waals surface area contributed by atoms with Crippen molar-refractivity contribution < 1.29 is 0 Å². The Bertz CT molecular complexity index is 3480. The van der Waals surface area contributed by atoms with E-state index in [1.165, 1.54) is 107 Å². The Morgan fingerprint density at radius 3 is 1.42 bits per heavy atom. The molecule has 2 heterocycles. The van der Waals surface area contributed by atoms with E-state index in [-0.39, 0.29) is 33.8 Å². The van der Waals surface area contributed by atoms with Crippen LogP contribution in [0.4, 0.5) is 51.2 Å². The van der Waals surface area contributed by atoms with Crippen LogP contribution >= 0.6 is 0 Å². The molecule has 0 bridgehead atoms. The second kappa shape index (κ2) is 16.9. The molecule has 0 unspecified atom stereocenters. The Kier molecular flexibility index (Phi) is 11.0. The summed E-state index contributed by atoms with van der Waals surface area (Å²) in [6.45, 7) is 31.4. The maximum absolute atomic E-state index is 2.70. The van der Waals surface area contributed by atoms with Crippen LogP contribution in [-0.2, 0) is 27.1 Å². The Morgan fingerprint density at radius 1 is 0.419 bits per heavy atom. The number of para-hydroxylation sites is 2. The van der Waals surface area contributed by atoms with Crippen LogP contribution in [0.5, 0.6) is 0 Å². The van der Waals surface area contributed by atoms with Crippen molar-refractivity contribution in [1.29, 1.82) is 0 Å². The van der Waals surface area contributed by atoms with Crippen LogP contribution in [0.15, 0.2) is 164 Å². The van der Waals surface area contributed by atoms with Gasteiger partial charge in [0.05, 0.1) is 5.69 Å². The van der Waals surface area contributed by atoms with E-state index < -0.39 is 0 Å². The van der Waals surface area contributed by atoms with E-state index >= 15 is 0 Å². The number of rotatable bonds is 6. The minimum atomic E-state index is -0.0556. The number of hydrogen-bond donors (Lipinski definition) is 0. The number of nitrogens with zero attached hydrogens (tertiary/aromatic N) is 3. The van der Waals surface area contributed by atoms with E-state index in [1.54, 1.807) is 0 Å². The zero-order valence-electron chi connectivity index (χ0n) is 46.3. The molecule has 3 nitrogen and oxygen atoms in total. The van der Waals surface area contributed by atoms with Crippen LogP contribution < -0.4 is 31.1 Å². The third-order valence-electron chi connectivity index (χ3n) is 18.1. The number of benzene rings is 8. The highest BCUT2D eigenvalue weighted by molar-refractivity contribution is 7.00. The largest absolute Gasteiger partial charge is 0.311 e. The molecule has 0 radical (unpaired) electrons. The SMILES string of the molecule is Cc1cc2c3c(c1)N(c1ccc(C(C)(C)C)cc1-c1ccccc1)c1cc4c(cc1B3c1cc(N(c3ccccc3)c3ccccc3)ccc1N2c1cc2c(cc1C)C(C)(C)CCC2(C)C)C(C)(C)CCC4(C)C. The van der Waals surface area contributed by atoms with Crippen molar-refractivity contribution >= 4 is 74.3 Å². The quantitative estimate of drug-likeness (QED) is 0.154. The molecule has 4 heteroatoms. The van der Waals surface area contributed by atoms with Gasteiger partial charge in [-0.2, -0.15) is 0 Å². The third kappa shape index (κ3) is 7.68. The first kappa shape index (κ1) is 48.2. The summed E-state index contributed by atoms with van der Waals surface area (Å²) in [6, 6.07) is 63.2. The molecule has 0 fully saturated rings. The van der Waals surface area contributed by atoms with Gasteiger partial charge in [0, 0.05) is 51.1 Å². The molecule has 74 heavy (non-hydrogen) atoms. The second-order valence-electron chi connectivity index (χ2n) is 26.1. The van der Waals surface area contributed by atoms with Gasteiger partial charge in [0.1, 0.15) is 0 Å². The number of anilines is 9. The van der Waals surface area contributed by atoms with Crippen molar-refractivity contribution in [3.63, 3.8) is 0 Å². The summed E-state index contributed by atoms with van der Waals surface area (Å²) < 4.78 is 0. The fourth-order valence-electron chi connectivity index (χ4n) is 13.4. The molecule has 4 aliphatic rings. The Balaban J connectivity index is 1.22. The monoisotopic (exact) mass is 968 g/mol. The molecule has 0 N–H and O–H groups in total. The van der Waals surface area contributed by atoms with E-state index in [1.807, 2.05) is 0 Å². The zero-order chi connectivity index (χ0) is 51.9. The average molecular weight is 968 g/mol. The first-order valence-corrected chi connectivity index (χ1v) is 27.5. The van der Waals surface area contributed by atoms with Crippen molar-refractivity contribution in [2.75, 3.05) is 14.7 Å². The highest BCUT2D eigenvalue weighted by Gasteiger charge is 2.48. The van der Waals surface area contributed by atoms with Crippen molar-refractivity contribution in [3.8, 4) is 11.1 Å². The topological polar surface area (TPSA) is 9.72 Å². The maximum atomic E-state index is 2.70. The molecule has 0 saturated heterocycles. The summed E-state index contributed by atoms with van der Waals surface area (Å²) in [4.78, 5) is 7.82. The van der Waals surface area contributed by atoms with Gasteiger partial charge >= 0.3 is 0 Å². The molecule has 372 valence electrons. The molecule has 2 aliphatic carbocycles. The predicted octanol–water partition coefficient (Wildman–Crippen LogP) is 17.5. The summed E-state index contributed by atoms with van der Waals surface area (Å²) in [5.74, 6) is 0. The smallest absolute Gasteiger partial charge is 0.252 e. The molecular weight excluding hydrogens is 894 g/mol. The summed E-state index contributed by atoms with van der Waals surface area (Å²) in [6.07, 6.45) is 4.64. The number of fused-ring (bicyclic) bond motifs is 6. The second-order valence-corrected chi connectivity index (χ2v) is 26.1. The summed E-state index contributed by atoms with van der Waals surface area (Å²) in [5, 5.41) is 0.